The lowest BCUT2D eigenvalue weighted by Crippen LogP contribution is -2.53. The van der Waals surface area contributed by atoms with Gasteiger partial charge in [0.2, 0.25) is 5.91 Å². The Morgan fingerprint density at radius 2 is 1.76 bits per heavy atom. The molecule has 2 N–H and O–H groups in total. The zero-order valence-electron chi connectivity index (χ0n) is 22.2. The molecule has 6 nitrogen and oxygen atoms in total. The molecule has 0 spiro atoms. The van der Waals surface area contributed by atoms with E-state index in [0.29, 0.717) is 6.54 Å². The highest BCUT2D eigenvalue weighted by molar-refractivity contribution is 5.79. The van der Waals surface area contributed by atoms with E-state index >= 15 is 0 Å². The fourth-order valence-electron chi connectivity index (χ4n) is 6.24. The molecule has 200 valence electrons. The summed E-state index contributed by atoms with van der Waals surface area (Å²) in [4.78, 5) is 20.2. The lowest BCUT2D eigenvalue weighted by Gasteiger charge is -2.40. The Balaban J connectivity index is 1.10. The second kappa shape index (κ2) is 12.3. The number of nitrogens with one attached hydrogen (secondary N) is 2. The van der Waals surface area contributed by atoms with Crippen molar-refractivity contribution in [2.45, 2.75) is 70.2 Å². The van der Waals surface area contributed by atoms with Gasteiger partial charge < -0.3 is 20.4 Å². The SMILES string of the molecule is CN(CCCNC(=O)C1CCN(C2Nc3ccccc3N2Cc2ccc(F)cc2)CC1)C1CCCCC1. The quantitative estimate of drug-likeness (QED) is 0.467. The van der Waals surface area contributed by atoms with E-state index in [1.54, 1.807) is 0 Å². The molecule has 3 aliphatic rings. The fourth-order valence-corrected chi connectivity index (χ4v) is 6.24. The van der Waals surface area contributed by atoms with Crippen LogP contribution < -0.4 is 15.5 Å². The van der Waals surface area contributed by atoms with E-state index in [-0.39, 0.29) is 23.9 Å². The first-order valence-electron chi connectivity index (χ1n) is 14.2. The second-order valence-corrected chi connectivity index (χ2v) is 11.0. The number of nitrogens with zero attached hydrogens (tertiary/aromatic N) is 3. The Kier molecular flexibility index (Phi) is 8.62. The Hall–Kier alpha value is -2.64. The highest BCUT2D eigenvalue weighted by Crippen LogP contribution is 2.37. The van der Waals surface area contributed by atoms with Gasteiger partial charge in [-0.15, -0.1) is 0 Å². The van der Waals surface area contributed by atoms with Crippen molar-refractivity contribution in [3.8, 4) is 0 Å². The number of anilines is 2. The largest absolute Gasteiger partial charge is 0.356 e. The molecule has 37 heavy (non-hydrogen) atoms. The summed E-state index contributed by atoms with van der Waals surface area (Å²) in [7, 11) is 2.24. The Morgan fingerprint density at radius 3 is 2.51 bits per heavy atom. The van der Waals surface area contributed by atoms with Crippen molar-refractivity contribution in [2.75, 3.05) is 43.4 Å². The van der Waals surface area contributed by atoms with Crippen LogP contribution in [0, 0.1) is 11.7 Å². The number of para-hydroxylation sites is 2. The van der Waals surface area contributed by atoms with E-state index in [1.807, 2.05) is 18.2 Å². The van der Waals surface area contributed by atoms with Crippen LogP contribution in [-0.2, 0) is 11.3 Å². The van der Waals surface area contributed by atoms with E-state index < -0.39 is 0 Å². The van der Waals surface area contributed by atoms with E-state index in [2.05, 4.69) is 50.6 Å². The second-order valence-electron chi connectivity index (χ2n) is 11.0. The van der Waals surface area contributed by atoms with Crippen LogP contribution in [0.5, 0.6) is 0 Å². The standard InChI is InChI=1S/C30H42FN5O/c1-34(26-8-3-2-4-9-26)19-7-18-32-29(37)24-16-20-35(21-17-24)30-33-27-10-5-6-11-28(27)36(30)22-23-12-14-25(31)15-13-23/h5-6,10-15,24,26,30,33H,2-4,7-9,16-22H2,1H3,(H,32,37). The van der Waals surface area contributed by atoms with Crippen molar-refractivity contribution in [3.63, 3.8) is 0 Å². The van der Waals surface area contributed by atoms with Crippen LogP contribution >= 0.6 is 0 Å². The number of carbonyl (C=O) groups excluding carboxylic acids is 1. The van der Waals surface area contributed by atoms with Gasteiger partial charge in [0.05, 0.1) is 11.4 Å². The summed E-state index contributed by atoms with van der Waals surface area (Å²) in [5.74, 6) is 0.0873. The van der Waals surface area contributed by atoms with Crippen LogP contribution in [0.4, 0.5) is 15.8 Å². The number of piperidine rings is 1. The van der Waals surface area contributed by atoms with Gasteiger partial charge in [-0.3, -0.25) is 9.69 Å². The Bertz CT molecular complexity index is 1020. The van der Waals surface area contributed by atoms with Gasteiger partial charge in [0, 0.05) is 38.1 Å². The predicted molar refractivity (Wildman–Crippen MR) is 148 cm³/mol. The molecule has 5 rings (SSSR count). The van der Waals surface area contributed by atoms with E-state index in [0.717, 1.165) is 68.4 Å². The van der Waals surface area contributed by atoms with Gasteiger partial charge in [-0.25, -0.2) is 4.39 Å². The number of amides is 1. The highest BCUT2D eigenvalue weighted by atomic mass is 19.1. The smallest absolute Gasteiger partial charge is 0.223 e. The van der Waals surface area contributed by atoms with Crippen LogP contribution in [0.25, 0.3) is 0 Å². The molecule has 2 fully saturated rings. The monoisotopic (exact) mass is 507 g/mol. The molecule has 1 aliphatic carbocycles. The number of fused-ring (bicyclic) bond motifs is 1. The zero-order valence-corrected chi connectivity index (χ0v) is 22.2. The number of likely N-dealkylation sites (tertiary alicyclic amines) is 1. The normalized spacial score (nSPS) is 21.2. The van der Waals surface area contributed by atoms with Gasteiger partial charge in [-0.2, -0.15) is 0 Å². The molecule has 2 heterocycles. The third kappa shape index (κ3) is 6.44. The minimum atomic E-state index is -0.211. The summed E-state index contributed by atoms with van der Waals surface area (Å²) < 4.78 is 13.5. The summed E-state index contributed by atoms with van der Waals surface area (Å²) in [6, 6.07) is 15.9. The van der Waals surface area contributed by atoms with E-state index in [1.165, 1.54) is 44.2 Å². The Morgan fingerprint density at radius 1 is 1.03 bits per heavy atom. The zero-order chi connectivity index (χ0) is 25.6. The van der Waals surface area contributed by atoms with Gasteiger partial charge >= 0.3 is 0 Å². The molecule has 7 heteroatoms. The predicted octanol–water partition coefficient (Wildman–Crippen LogP) is 5.02. The topological polar surface area (TPSA) is 50.9 Å². The third-order valence-corrected chi connectivity index (χ3v) is 8.49. The number of carbonyl (C=O) groups is 1. The first kappa shape index (κ1) is 26.0. The van der Waals surface area contributed by atoms with Crippen molar-refractivity contribution in [1.29, 1.82) is 0 Å². The van der Waals surface area contributed by atoms with Gasteiger partial charge in [0.15, 0.2) is 6.29 Å². The lowest BCUT2D eigenvalue weighted by atomic mass is 9.94. The average Bonchev–Trinajstić information content (AvgIpc) is 3.31. The highest BCUT2D eigenvalue weighted by Gasteiger charge is 2.36. The minimum Gasteiger partial charge on any atom is -0.356 e. The Labute approximate surface area is 221 Å². The van der Waals surface area contributed by atoms with Crippen LogP contribution in [-0.4, -0.2) is 61.3 Å². The van der Waals surface area contributed by atoms with E-state index in [9.17, 15) is 9.18 Å². The van der Waals surface area contributed by atoms with E-state index in [4.69, 9.17) is 0 Å². The molecule has 0 bridgehead atoms. The van der Waals surface area contributed by atoms with Crippen LogP contribution in [0.3, 0.4) is 0 Å². The maximum Gasteiger partial charge on any atom is 0.223 e. The number of hydrogen-bond acceptors (Lipinski definition) is 5. The van der Waals surface area contributed by atoms with Crippen molar-refractivity contribution >= 4 is 17.3 Å². The number of hydrogen-bond donors (Lipinski definition) is 2. The summed E-state index contributed by atoms with van der Waals surface area (Å²) in [6.07, 6.45) is 9.53. The molecule has 1 saturated carbocycles. The van der Waals surface area contributed by atoms with Crippen molar-refractivity contribution in [3.05, 3.63) is 59.9 Å². The number of rotatable bonds is 9. The molecule has 1 saturated heterocycles. The molecule has 0 radical (unpaired) electrons. The van der Waals surface area contributed by atoms with Gasteiger partial charge in [0.25, 0.3) is 0 Å². The summed E-state index contributed by atoms with van der Waals surface area (Å²) in [6.45, 7) is 4.26. The van der Waals surface area contributed by atoms with Crippen LogP contribution in [0.1, 0.15) is 56.9 Å². The molecule has 2 aliphatic heterocycles. The molecular weight excluding hydrogens is 465 g/mol. The average molecular weight is 508 g/mol. The molecule has 0 aromatic heterocycles. The fraction of sp³-hybridized carbons (Fsp3) is 0.567. The molecule has 1 atom stereocenters. The lowest BCUT2D eigenvalue weighted by molar-refractivity contribution is -0.126. The maximum absolute atomic E-state index is 13.5. The van der Waals surface area contributed by atoms with Gasteiger partial charge in [0.1, 0.15) is 5.82 Å². The van der Waals surface area contributed by atoms with Crippen LogP contribution in [0.15, 0.2) is 48.5 Å². The number of halogens is 1. The minimum absolute atomic E-state index is 0.0294. The molecular formula is C30H42FN5O. The van der Waals surface area contributed by atoms with Gasteiger partial charge in [-0.05, 0) is 75.5 Å². The summed E-state index contributed by atoms with van der Waals surface area (Å²) in [5, 5.41) is 6.90. The summed E-state index contributed by atoms with van der Waals surface area (Å²) in [5.41, 5.74) is 3.36. The maximum atomic E-state index is 13.5. The molecule has 2 aromatic rings. The van der Waals surface area contributed by atoms with Gasteiger partial charge in [-0.1, -0.05) is 43.5 Å². The van der Waals surface area contributed by atoms with Crippen molar-refractivity contribution in [2.24, 2.45) is 5.92 Å². The molecule has 2 aromatic carbocycles. The third-order valence-electron chi connectivity index (χ3n) is 8.49. The molecule has 1 amide bonds. The van der Waals surface area contributed by atoms with Crippen molar-refractivity contribution < 1.29 is 9.18 Å². The van der Waals surface area contributed by atoms with Crippen molar-refractivity contribution in [1.82, 2.24) is 15.1 Å². The first-order valence-corrected chi connectivity index (χ1v) is 14.2. The molecule has 1 unspecified atom stereocenters. The number of benzene rings is 2. The summed E-state index contributed by atoms with van der Waals surface area (Å²) >= 11 is 0. The van der Waals surface area contributed by atoms with Crippen LogP contribution in [0.2, 0.25) is 0 Å². The first-order chi connectivity index (χ1) is 18.1.